The molecule has 0 spiro atoms. The van der Waals surface area contributed by atoms with Crippen LogP contribution in [0.4, 0.5) is 5.82 Å². The van der Waals surface area contributed by atoms with Crippen molar-refractivity contribution in [2.75, 3.05) is 31.5 Å². The third-order valence-electron chi connectivity index (χ3n) is 6.38. The molecule has 162 valence electrons. The first kappa shape index (κ1) is 21.1. The minimum Gasteiger partial charge on any atom is -0.365 e. The van der Waals surface area contributed by atoms with Crippen molar-refractivity contribution >= 4 is 17.6 Å². The fourth-order valence-electron chi connectivity index (χ4n) is 4.19. The van der Waals surface area contributed by atoms with E-state index in [9.17, 15) is 9.59 Å². The molecule has 2 fully saturated rings. The maximum absolute atomic E-state index is 12.2. The molecule has 1 saturated heterocycles. The lowest BCUT2D eigenvalue weighted by atomic mass is 9.87. The first-order valence-electron chi connectivity index (χ1n) is 10.8. The van der Waals surface area contributed by atoms with Gasteiger partial charge in [0.1, 0.15) is 11.1 Å². The van der Waals surface area contributed by atoms with Gasteiger partial charge in [0.05, 0.1) is 0 Å². The van der Waals surface area contributed by atoms with E-state index < -0.39 is 11.4 Å². The Morgan fingerprint density at radius 3 is 2.55 bits per heavy atom. The molecule has 0 bridgehead atoms. The molecule has 0 atom stereocenters. The van der Waals surface area contributed by atoms with E-state index >= 15 is 0 Å². The molecule has 1 aromatic heterocycles. The lowest BCUT2D eigenvalue weighted by Crippen LogP contribution is -2.48. The molecule has 2 heterocycles. The van der Waals surface area contributed by atoms with Crippen LogP contribution in [0, 0.1) is 12.5 Å². The zero-order chi connectivity index (χ0) is 21.8. The molecule has 1 aliphatic carbocycles. The van der Waals surface area contributed by atoms with Crippen molar-refractivity contribution in [2.45, 2.75) is 37.6 Å². The zero-order valence-electron chi connectivity index (χ0n) is 17.6. The molecule has 4 rings (SSSR count). The molecule has 1 aliphatic heterocycles. The number of hydrogen-bond acceptors (Lipinski definition) is 4. The predicted octanol–water partition coefficient (Wildman–Crippen LogP) is 2.28. The van der Waals surface area contributed by atoms with Crippen LogP contribution in [-0.4, -0.2) is 52.7 Å². The predicted molar refractivity (Wildman–Crippen MR) is 117 cm³/mol. The number of primary amides is 1. The minimum atomic E-state index is -0.629. The molecule has 3 N–H and O–H groups in total. The largest absolute Gasteiger partial charge is 0.365 e. The number of carbonyl (C=O) groups is 2. The lowest BCUT2D eigenvalue weighted by molar-refractivity contribution is -0.117. The summed E-state index contributed by atoms with van der Waals surface area (Å²) >= 11 is 0. The highest BCUT2D eigenvalue weighted by molar-refractivity contribution is 6.02. The number of likely N-dealkylation sites (tertiary alicyclic amines) is 1. The highest BCUT2D eigenvalue weighted by atomic mass is 16.2. The third-order valence-corrected chi connectivity index (χ3v) is 6.38. The van der Waals surface area contributed by atoms with E-state index in [1.54, 1.807) is 10.9 Å². The van der Waals surface area contributed by atoms with Crippen molar-refractivity contribution < 1.29 is 9.59 Å². The van der Waals surface area contributed by atoms with Crippen LogP contribution in [0.3, 0.4) is 0 Å². The third kappa shape index (κ3) is 4.78. The topological polar surface area (TPSA) is 97.6 Å². The Kier molecular flexibility index (Phi) is 6.05. The maximum atomic E-state index is 12.2. The molecule has 8 heteroatoms. The van der Waals surface area contributed by atoms with Gasteiger partial charge in [-0.05, 0) is 37.7 Å². The number of carbonyl (C=O) groups excluding carboxylic acids is 2. The number of rotatable bonds is 8. The summed E-state index contributed by atoms with van der Waals surface area (Å²) in [5, 5.41) is 7.30. The van der Waals surface area contributed by atoms with E-state index in [-0.39, 0.29) is 29.8 Å². The Morgan fingerprint density at radius 2 is 1.94 bits per heavy atom. The second-order valence-corrected chi connectivity index (χ2v) is 8.58. The van der Waals surface area contributed by atoms with Crippen LogP contribution in [0.2, 0.25) is 0 Å². The Labute approximate surface area is 182 Å². The fourth-order valence-corrected chi connectivity index (χ4v) is 4.19. The lowest BCUT2D eigenvalue weighted by Gasteiger charge is -2.38. The number of amides is 2. The van der Waals surface area contributed by atoms with Gasteiger partial charge in [0.2, 0.25) is 12.5 Å². The summed E-state index contributed by atoms with van der Waals surface area (Å²) in [5.74, 6) is -0.547. The van der Waals surface area contributed by atoms with Gasteiger partial charge in [0, 0.05) is 31.7 Å². The van der Waals surface area contributed by atoms with Gasteiger partial charge in [-0.2, -0.15) is 5.10 Å². The van der Waals surface area contributed by atoms with Crippen molar-refractivity contribution in [1.29, 1.82) is 0 Å². The van der Waals surface area contributed by atoms with Crippen LogP contribution in [-0.2, 0) is 16.8 Å². The van der Waals surface area contributed by atoms with Crippen molar-refractivity contribution in [3.8, 4) is 0 Å². The van der Waals surface area contributed by atoms with Crippen LogP contribution in [0.15, 0.2) is 36.5 Å². The summed E-state index contributed by atoms with van der Waals surface area (Å²) in [6.45, 7) is 10.4. The van der Waals surface area contributed by atoms with E-state index in [2.05, 4.69) is 44.4 Å². The molecule has 2 aromatic rings. The van der Waals surface area contributed by atoms with Gasteiger partial charge in [0.25, 0.3) is 5.91 Å². The van der Waals surface area contributed by atoms with Crippen LogP contribution < -0.4 is 11.1 Å². The van der Waals surface area contributed by atoms with Crippen LogP contribution in [0.1, 0.15) is 41.6 Å². The Hall–Kier alpha value is -3.18. The summed E-state index contributed by atoms with van der Waals surface area (Å²) in [6.07, 6.45) is 5.81. The summed E-state index contributed by atoms with van der Waals surface area (Å²) < 4.78 is 1.71. The summed E-state index contributed by atoms with van der Waals surface area (Å²) in [5.41, 5.74) is 6.56. The number of nitrogens with one attached hydrogen (secondary N) is 1. The molecule has 0 radical (unpaired) electrons. The number of aromatic nitrogens is 2. The van der Waals surface area contributed by atoms with E-state index in [1.807, 2.05) is 6.07 Å². The molecule has 8 nitrogen and oxygen atoms in total. The molecule has 1 saturated carbocycles. The van der Waals surface area contributed by atoms with E-state index in [1.165, 1.54) is 5.56 Å². The second-order valence-electron chi connectivity index (χ2n) is 8.58. The van der Waals surface area contributed by atoms with Crippen molar-refractivity contribution in [3.05, 3.63) is 59.1 Å². The monoisotopic (exact) mass is 420 g/mol. The summed E-state index contributed by atoms with van der Waals surface area (Å²) in [4.78, 5) is 30.3. The summed E-state index contributed by atoms with van der Waals surface area (Å²) in [6, 6.07) is 10.4. The van der Waals surface area contributed by atoms with Gasteiger partial charge >= 0.3 is 0 Å². The summed E-state index contributed by atoms with van der Waals surface area (Å²) in [7, 11) is 0. The molecule has 1 aromatic carbocycles. The number of anilines is 1. The number of nitrogens with two attached hydrogens (primary N) is 1. The van der Waals surface area contributed by atoms with E-state index in [0.717, 1.165) is 51.7 Å². The average molecular weight is 421 g/mol. The quantitative estimate of drug-likeness (QED) is 0.640. The SMILES string of the molecule is [C-]#[N+]CC1(n2cc(C(N)=O)c(NC(=O)C3CC3)n2)CCN(CCc2ccccc2)CC1. The smallest absolute Gasteiger partial charge is 0.254 e. The van der Waals surface area contributed by atoms with Crippen LogP contribution >= 0.6 is 0 Å². The normalized spacial score (nSPS) is 18.3. The van der Waals surface area contributed by atoms with Crippen molar-refractivity contribution in [1.82, 2.24) is 14.7 Å². The highest BCUT2D eigenvalue weighted by Crippen LogP contribution is 2.34. The minimum absolute atomic E-state index is 0.00377. The van der Waals surface area contributed by atoms with Gasteiger partial charge in [-0.3, -0.25) is 14.3 Å². The van der Waals surface area contributed by atoms with Crippen LogP contribution in [0.25, 0.3) is 4.85 Å². The number of hydrogen-bond donors (Lipinski definition) is 2. The van der Waals surface area contributed by atoms with Gasteiger partial charge in [-0.1, -0.05) is 30.3 Å². The molecular formula is C23H28N6O2. The van der Waals surface area contributed by atoms with Crippen LogP contribution in [0.5, 0.6) is 0 Å². The zero-order valence-corrected chi connectivity index (χ0v) is 17.6. The molecule has 2 amide bonds. The fraction of sp³-hybridized carbons (Fsp3) is 0.478. The Bertz CT molecular complexity index is 981. The van der Waals surface area contributed by atoms with Gasteiger partial charge in [0.15, 0.2) is 5.82 Å². The number of nitrogens with zero attached hydrogens (tertiary/aromatic N) is 4. The second kappa shape index (κ2) is 8.90. The number of benzene rings is 1. The van der Waals surface area contributed by atoms with Gasteiger partial charge < -0.3 is 20.8 Å². The highest BCUT2D eigenvalue weighted by Gasteiger charge is 2.41. The standard InChI is InChI=1S/C23H28N6O2/c1-25-16-23(10-13-28(14-11-23)12-9-17-5-3-2-4-6-17)29-15-19(20(24)30)21(27-29)26-22(31)18-7-8-18/h2-6,15,18H,7-14,16H2,(H2,24,30)(H,26,27,31). The first-order chi connectivity index (χ1) is 15.0. The maximum Gasteiger partial charge on any atom is 0.254 e. The average Bonchev–Trinajstić information content (AvgIpc) is 3.54. The Balaban J connectivity index is 1.47. The molecule has 0 unspecified atom stereocenters. The van der Waals surface area contributed by atoms with E-state index in [0.29, 0.717) is 0 Å². The molecule has 2 aliphatic rings. The Morgan fingerprint density at radius 1 is 1.23 bits per heavy atom. The van der Waals surface area contributed by atoms with Crippen molar-refractivity contribution in [2.24, 2.45) is 11.7 Å². The van der Waals surface area contributed by atoms with Gasteiger partial charge in [-0.15, -0.1) is 0 Å². The molecule has 31 heavy (non-hydrogen) atoms. The first-order valence-corrected chi connectivity index (χ1v) is 10.8. The van der Waals surface area contributed by atoms with Gasteiger partial charge in [-0.25, -0.2) is 6.57 Å². The number of piperidine rings is 1. The van der Waals surface area contributed by atoms with E-state index in [4.69, 9.17) is 12.3 Å². The molecular weight excluding hydrogens is 392 g/mol. The van der Waals surface area contributed by atoms with Crippen molar-refractivity contribution in [3.63, 3.8) is 0 Å².